The van der Waals surface area contributed by atoms with Crippen LogP contribution in [-0.2, 0) is 6.42 Å². The van der Waals surface area contributed by atoms with Crippen LogP contribution in [0.5, 0.6) is 0 Å². The highest BCUT2D eigenvalue weighted by Gasteiger charge is 1.93. The molecule has 1 N–H and O–H groups in total. The van der Waals surface area contributed by atoms with Crippen molar-refractivity contribution in [2.24, 2.45) is 0 Å². The smallest absolute Gasteiger partial charge is 0.137 e. The fraction of sp³-hybridized carbons (Fsp3) is 0.750. The minimum absolute atomic E-state index is 1.01. The summed E-state index contributed by atoms with van der Waals surface area (Å²) in [5.74, 6) is 1.01. The maximum absolute atomic E-state index is 4.05. The van der Waals surface area contributed by atoms with E-state index in [1.54, 1.807) is 6.33 Å². The third kappa shape index (κ3) is 3.16. The van der Waals surface area contributed by atoms with Gasteiger partial charge in [-0.15, -0.1) is 0 Å². The molecule has 0 aliphatic heterocycles. The predicted octanol–water partition coefficient (Wildman–Crippen LogP) is 1.93. The van der Waals surface area contributed by atoms with Crippen molar-refractivity contribution in [2.45, 2.75) is 39.0 Å². The van der Waals surface area contributed by atoms with Gasteiger partial charge in [-0.1, -0.05) is 26.2 Å². The standard InChI is InChI=1S/C8H15N3/c1-2-3-4-5-6-8-9-7-10-11-8/h7H,2-6H2,1H3,(H,9,10,11). The van der Waals surface area contributed by atoms with Gasteiger partial charge in [-0.2, -0.15) is 5.10 Å². The number of aryl methyl sites for hydroxylation is 1. The molecule has 1 rings (SSSR count). The average molecular weight is 153 g/mol. The van der Waals surface area contributed by atoms with Crippen molar-refractivity contribution in [1.29, 1.82) is 0 Å². The first-order valence-corrected chi connectivity index (χ1v) is 4.27. The first-order valence-electron chi connectivity index (χ1n) is 4.27. The lowest BCUT2D eigenvalue weighted by atomic mass is 10.1. The largest absolute Gasteiger partial charge is 0.263 e. The van der Waals surface area contributed by atoms with Gasteiger partial charge in [0.25, 0.3) is 0 Å². The topological polar surface area (TPSA) is 41.6 Å². The summed E-state index contributed by atoms with van der Waals surface area (Å²) in [6.45, 7) is 2.22. The van der Waals surface area contributed by atoms with Crippen LogP contribution in [0.15, 0.2) is 6.33 Å². The molecule has 3 nitrogen and oxygen atoms in total. The first kappa shape index (κ1) is 8.24. The van der Waals surface area contributed by atoms with Crippen molar-refractivity contribution < 1.29 is 0 Å². The molecular weight excluding hydrogens is 138 g/mol. The molecule has 62 valence electrons. The molecule has 0 saturated carbocycles. The average Bonchev–Trinajstić information content (AvgIpc) is 2.50. The van der Waals surface area contributed by atoms with Crippen LogP contribution >= 0.6 is 0 Å². The molecule has 11 heavy (non-hydrogen) atoms. The number of hydrogen-bond acceptors (Lipinski definition) is 2. The lowest BCUT2D eigenvalue weighted by Gasteiger charge is -1.94. The van der Waals surface area contributed by atoms with Gasteiger partial charge in [0.2, 0.25) is 0 Å². The number of nitrogens with zero attached hydrogens (tertiary/aromatic N) is 2. The fourth-order valence-electron chi connectivity index (χ4n) is 1.07. The summed E-state index contributed by atoms with van der Waals surface area (Å²) in [4.78, 5) is 4.05. The maximum atomic E-state index is 4.05. The summed E-state index contributed by atoms with van der Waals surface area (Å²) in [6.07, 6.45) is 7.75. The van der Waals surface area contributed by atoms with Crippen LogP contribution in [0.4, 0.5) is 0 Å². The number of H-pyrrole nitrogens is 1. The van der Waals surface area contributed by atoms with Crippen molar-refractivity contribution in [2.75, 3.05) is 0 Å². The molecule has 0 radical (unpaired) electrons. The van der Waals surface area contributed by atoms with Crippen molar-refractivity contribution in [3.05, 3.63) is 12.2 Å². The van der Waals surface area contributed by atoms with Gasteiger partial charge in [0, 0.05) is 6.42 Å². The zero-order valence-corrected chi connectivity index (χ0v) is 7.01. The van der Waals surface area contributed by atoms with Gasteiger partial charge in [-0.25, -0.2) is 4.98 Å². The lowest BCUT2D eigenvalue weighted by molar-refractivity contribution is 0.653. The molecule has 0 fully saturated rings. The van der Waals surface area contributed by atoms with Crippen LogP contribution < -0.4 is 0 Å². The highest BCUT2D eigenvalue weighted by Crippen LogP contribution is 2.02. The molecule has 0 aromatic carbocycles. The Morgan fingerprint density at radius 1 is 1.36 bits per heavy atom. The van der Waals surface area contributed by atoms with E-state index in [2.05, 4.69) is 22.1 Å². The molecule has 0 amide bonds. The van der Waals surface area contributed by atoms with Gasteiger partial charge in [0.15, 0.2) is 0 Å². The molecule has 0 bridgehead atoms. The second kappa shape index (κ2) is 4.88. The van der Waals surface area contributed by atoms with Crippen LogP contribution in [0.3, 0.4) is 0 Å². The van der Waals surface area contributed by atoms with Crippen LogP contribution in [0.1, 0.15) is 38.4 Å². The number of nitrogens with one attached hydrogen (secondary N) is 1. The molecule has 1 heterocycles. The van der Waals surface area contributed by atoms with Crippen LogP contribution in [-0.4, -0.2) is 15.2 Å². The summed E-state index contributed by atoms with van der Waals surface area (Å²) >= 11 is 0. The predicted molar refractivity (Wildman–Crippen MR) is 44.2 cm³/mol. The van der Waals surface area contributed by atoms with Crippen LogP contribution in [0.25, 0.3) is 0 Å². The number of aromatic amines is 1. The molecule has 0 atom stereocenters. The third-order valence-corrected chi connectivity index (χ3v) is 1.73. The summed E-state index contributed by atoms with van der Waals surface area (Å²) in [7, 11) is 0. The quantitative estimate of drug-likeness (QED) is 0.657. The minimum Gasteiger partial charge on any atom is -0.263 e. The highest BCUT2D eigenvalue weighted by molar-refractivity contribution is 4.78. The molecule has 1 aromatic heterocycles. The first-order chi connectivity index (χ1) is 5.43. The van der Waals surface area contributed by atoms with Crippen molar-refractivity contribution >= 4 is 0 Å². The summed E-state index contributed by atoms with van der Waals surface area (Å²) in [5.41, 5.74) is 0. The Bertz CT molecular complexity index is 169. The maximum Gasteiger partial charge on any atom is 0.137 e. The van der Waals surface area contributed by atoms with Gasteiger partial charge < -0.3 is 0 Å². The molecule has 0 aliphatic carbocycles. The van der Waals surface area contributed by atoms with Crippen LogP contribution in [0, 0.1) is 0 Å². The summed E-state index contributed by atoms with van der Waals surface area (Å²) < 4.78 is 0. The normalized spacial score (nSPS) is 10.3. The Balaban J connectivity index is 2.04. The fourth-order valence-corrected chi connectivity index (χ4v) is 1.07. The molecule has 0 aliphatic rings. The molecule has 3 heteroatoms. The number of aromatic nitrogens is 3. The van der Waals surface area contributed by atoms with Crippen molar-refractivity contribution in [3.8, 4) is 0 Å². The Morgan fingerprint density at radius 2 is 2.27 bits per heavy atom. The number of hydrogen-bond donors (Lipinski definition) is 1. The molecule has 0 spiro atoms. The van der Waals surface area contributed by atoms with E-state index >= 15 is 0 Å². The molecule has 0 saturated heterocycles. The van der Waals surface area contributed by atoms with E-state index in [1.807, 2.05) is 0 Å². The van der Waals surface area contributed by atoms with E-state index in [0.29, 0.717) is 0 Å². The number of rotatable bonds is 5. The van der Waals surface area contributed by atoms with Gasteiger partial charge in [0.05, 0.1) is 0 Å². The second-order valence-electron chi connectivity index (χ2n) is 2.74. The molecule has 1 aromatic rings. The van der Waals surface area contributed by atoms with Crippen molar-refractivity contribution in [1.82, 2.24) is 15.2 Å². The zero-order valence-electron chi connectivity index (χ0n) is 7.01. The van der Waals surface area contributed by atoms with E-state index in [4.69, 9.17) is 0 Å². The minimum atomic E-state index is 1.01. The van der Waals surface area contributed by atoms with E-state index in [1.165, 1.54) is 25.7 Å². The Morgan fingerprint density at radius 3 is 2.91 bits per heavy atom. The number of unbranched alkanes of at least 4 members (excludes halogenated alkanes) is 3. The molecule has 0 unspecified atom stereocenters. The van der Waals surface area contributed by atoms with Crippen molar-refractivity contribution in [3.63, 3.8) is 0 Å². The Labute approximate surface area is 67.2 Å². The van der Waals surface area contributed by atoms with Crippen LogP contribution in [0.2, 0.25) is 0 Å². The Hall–Kier alpha value is -0.860. The Kier molecular flexibility index (Phi) is 3.65. The SMILES string of the molecule is CCCCCCc1ncn[nH]1. The van der Waals surface area contributed by atoms with E-state index in [9.17, 15) is 0 Å². The van der Waals surface area contributed by atoms with E-state index in [-0.39, 0.29) is 0 Å². The highest BCUT2D eigenvalue weighted by atomic mass is 15.2. The van der Waals surface area contributed by atoms with E-state index in [0.717, 1.165) is 12.2 Å². The third-order valence-electron chi connectivity index (χ3n) is 1.73. The van der Waals surface area contributed by atoms with E-state index < -0.39 is 0 Å². The summed E-state index contributed by atoms with van der Waals surface area (Å²) in [5, 5.41) is 6.64. The lowest BCUT2D eigenvalue weighted by Crippen LogP contribution is -1.88. The van der Waals surface area contributed by atoms with Gasteiger partial charge in [-0.05, 0) is 6.42 Å². The zero-order chi connectivity index (χ0) is 7.94. The van der Waals surface area contributed by atoms with Gasteiger partial charge >= 0.3 is 0 Å². The monoisotopic (exact) mass is 153 g/mol. The van der Waals surface area contributed by atoms with Gasteiger partial charge in [-0.3, -0.25) is 5.10 Å². The van der Waals surface area contributed by atoms with Gasteiger partial charge in [0.1, 0.15) is 12.2 Å². The second-order valence-corrected chi connectivity index (χ2v) is 2.74. The molecular formula is C8H15N3. The summed E-state index contributed by atoms with van der Waals surface area (Å²) in [6, 6.07) is 0.